The van der Waals surface area contributed by atoms with Gasteiger partial charge in [-0.15, -0.1) is 5.10 Å². The number of fused-ring (bicyclic) bond motifs is 3. The van der Waals surface area contributed by atoms with Crippen LogP contribution in [-0.2, 0) is 0 Å². The molecule has 0 spiro atoms. The molecule has 1 aliphatic heterocycles. The second kappa shape index (κ2) is 10.6. The standard InChI is InChI=1S/C30H32N6O/c1-22(23-9-4-2-5-10-23)36-30-26-19-24(11-13-27(26)31-21-28(30)33-34-36)25-12-14-29(32-20-25)37-18-8-17-35-15-6-3-7-16-35/h2,4-5,9-14,19-22H,3,6-8,15-18H2,1H3/t22-/m1/s1. The van der Waals surface area contributed by atoms with Crippen molar-refractivity contribution in [2.45, 2.75) is 38.6 Å². The van der Waals surface area contributed by atoms with Gasteiger partial charge in [-0.25, -0.2) is 9.67 Å². The number of pyridine rings is 2. The van der Waals surface area contributed by atoms with Crippen LogP contribution in [0.4, 0.5) is 0 Å². The topological polar surface area (TPSA) is 69.0 Å². The predicted octanol–water partition coefficient (Wildman–Crippen LogP) is 5.91. The van der Waals surface area contributed by atoms with Crippen LogP contribution in [0.15, 0.2) is 73.1 Å². The average molecular weight is 493 g/mol. The van der Waals surface area contributed by atoms with Crippen molar-refractivity contribution >= 4 is 21.9 Å². The number of likely N-dealkylation sites (tertiary alicyclic amines) is 1. The Morgan fingerprint density at radius 1 is 0.865 bits per heavy atom. The third-order valence-corrected chi connectivity index (χ3v) is 7.33. The second-order valence-electron chi connectivity index (χ2n) is 9.83. The molecule has 0 radical (unpaired) electrons. The molecule has 3 aromatic heterocycles. The number of piperidine rings is 1. The van der Waals surface area contributed by atoms with Crippen LogP contribution in [0.1, 0.15) is 44.2 Å². The van der Waals surface area contributed by atoms with Gasteiger partial charge in [-0.05, 0) is 68.6 Å². The van der Waals surface area contributed by atoms with E-state index in [0.717, 1.165) is 46.0 Å². The van der Waals surface area contributed by atoms with Gasteiger partial charge < -0.3 is 9.64 Å². The third kappa shape index (κ3) is 5.04. The highest BCUT2D eigenvalue weighted by atomic mass is 16.5. The molecule has 0 bridgehead atoms. The van der Waals surface area contributed by atoms with E-state index in [1.807, 2.05) is 23.0 Å². The van der Waals surface area contributed by atoms with E-state index in [9.17, 15) is 0 Å². The van der Waals surface area contributed by atoms with Crippen LogP contribution in [0.3, 0.4) is 0 Å². The van der Waals surface area contributed by atoms with Crippen LogP contribution >= 0.6 is 0 Å². The fourth-order valence-corrected chi connectivity index (χ4v) is 5.23. The maximum Gasteiger partial charge on any atom is 0.213 e. The molecule has 37 heavy (non-hydrogen) atoms. The zero-order valence-electron chi connectivity index (χ0n) is 21.3. The van der Waals surface area contributed by atoms with Gasteiger partial charge in [0, 0.05) is 29.8 Å². The summed E-state index contributed by atoms with van der Waals surface area (Å²) in [5.74, 6) is 0.672. The summed E-state index contributed by atoms with van der Waals surface area (Å²) in [5, 5.41) is 9.94. The number of hydrogen-bond donors (Lipinski definition) is 0. The van der Waals surface area contributed by atoms with Crippen LogP contribution in [0, 0.1) is 0 Å². The van der Waals surface area contributed by atoms with Crippen molar-refractivity contribution in [3.05, 3.63) is 78.6 Å². The largest absolute Gasteiger partial charge is 0.478 e. The molecule has 0 saturated carbocycles. The molecule has 0 unspecified atom stereocenters. The van der Waals surface area contributed by atoms with Crippen molar-refractivity contribution in [3.8, 4) is 17.0 Å². The van der Waals surface area contributed by atoms with Crippen molar-refractivity contribution in [2.24, 2.45) is 0 Å². The number of rotatable bonds is 8. The monoisotopic (exact) mass is 492 g/mol. The maximum atomic E-state index is 5.92. The van der Waals surface area contributed by atoms with Crippen LogP contribution in [-0.4, -0.2) is 56.1 Å². The van der Waals surface area contributed by atoms with E-state index in [4.69, 9.17) is 4.74 Å². The van der Waals surface area contributed by atoms with Crippen LogP contribution in [0.2, 0.25) is 0 Å². The summed E-state index contributed by atoms with van der Waals surface area (Å²) in [6, 6.07) is 20.8. The highest BCUT2D eigenvalue weighted by Crippen LogP contribution is 2.30. The summed E-state index contributed by atoms with van der Waals surface area (Å²) < 4.78 is 7.92. The van der Waals surface area contributed by atoms with E-state index in [2.05, 4.69) is 80.6 Å². The summed E-state index contributed by atoms with van der Waals surface area (Å²) >= 11 is 0. The molecule has 0 aliphatic carbocycles. The van der Waals surface area contributed by atoms with Gasteiger partial charge in [-0.1, -0.05) is 48.0 Å². The molecule has 7 nitrogen and oxygen atoms in total. The first-order chi connectivity index (χ1) is 18.3. The number of nitrogens with zero attached hydrogens (tertiary/aromatic N) is 6. The van der Waals surface area contributed by atoms with Crippen molar-refractivity contribution < 1.29 is 4.74 Å². The summed E-state index contributed by atoms with van der Waals surface area (Å²) in [6.07, 6.45) is 8.74. The molecule has 188 valence electrons. The van der Waals surface area contributed by atoms with E-state index in [0.29, 0.717) is 12.5 Å². The number of benzene rings is 2. The molecular weight excluding hydrogens is 460 g/mol. The van der Waals surface area contributed by atoms with Crippen molar-refractivity contribution in [1.29, 1.82) is 0 Å². The summed E-state index contributed by atoms with van der Waals surface area (Å²) in [5.41, 5.74) is 6.00. The van der Waals surface area contributed by atoms with Crippen molar-refractivity contribution in [2.75, 3.05) is 26.2 Å². The predicted molar refractivity (Wildman–Crippen MR) is 147 cm³/mol. The molecule has 7 heteroatoms. The molecule has 4 heterocycles. The zero-order chi connectivity index (χ0) is 25.0. The minimum atomic E-state index is 0.0495. The highest BCUT2D eigenvalue weighted by Gasteiger charge is 2.17. The normalized spacial score (nSPS) is 15.3. The molecule has 1 fully saturated rings. The molecule has 2 aromatic carbocycles. The van der Waals surface area contributed by atoms with Crippen LogP contribution in [0.25, 0.3) is 33.1 Å². The lowest BCUT2D eigenvalue weighted by Gasteiger charge is -2.26. The minimum absolute atomic E-state index is 0.0495. The Balaban J connectivity index is 1.22. The second-order valence-corrected chi connectivity index (χ2v) is 9.83. The lowest BCUT2D eigenvalue weighted by molar-refractivity contribution is 0.203. The van der Waals surface area contributed by atoms with E-state index in [1.54, 1.807) is 6.20 Å². The van der Waals surface area contributed by atoms with Gasteiger partial charge in [0.05, 0.1) is 24.4 Å². The summed E-state index contributed by atoms with van der Waals surface area (Å²) in [7, 11) is 0. The Morgan fingerprint density at radius 3 is 2.51 bits per heavy atom. The molecule has 6 rings (SSSR count). The number of ether oxygens (including phenoxy) is 1. The van der Waals surface area contributed by atoms with Gasteiger partial charge in [0.1, 0.15) is 11.0 Å². The Morgan fingerprint density at radius 2 is 1.70 bits per heavy atom. The molecule has 5 aromatic rings. The summed E-state index contributed by atoms with van der Waals surface area (Å²) in [4.78, 5) is 11.7. The highest BCUT2D eigenvalue weighted by molar-refractivity contribution is 6.03. The Bertz CT molecular complexity index is 1480. The van der Waals surface area contributed by atoms with Gasteiger partial charge >= 0.3 is 0 Å². The van der Waals surface area contributed by atoms with Gasteiger partial charge in [0.15, 0.2) is 0 Å². The zero-order valence-corrected chi connectivity index (χ0v) is 21.3. The average Bonchev–Trinajstić information content (AvgIpc) is 3.41. The smallest absolute Gasteiger partial charge is 0.213 e. The van der Waals surface area contributed by atoms with E-state index in [1.165, 1.54) is 37.9 Å². The fourth-order valence-electron chi connectivity index (χ4n) is 5.23. The molecule has 0 N–H and O–H groups in total. The van der Waals surface area contributed by atoms with Crippen LogP contribution in [0.5, 0.6) is 5.88 Å². The number of hydrogen-bond acceptors (Lipinski definition) is 6. The molecule has 1 aliphatic rings. The van der Waals surface area contributed by atoms with Gasteiger partial charge in [0.2, 0.25) is 5.88 Å². The SMILES string of the molecule is C[C@H](c1ccccc1)n1nnc2cnc3ccc(-c4ccc(OCCCN5CCCCC5)nc4)cc3c21. The van der Waals surface area contributed by atoms with E-state index in [-0.39, 0.29) is 6.04 Å². The van der Waals surface area contributed by atoms with Gasteiger partial charge in [0.25, 0.3) is 0 Å². The van der Waals surface area contributed by atoms with Crippen molar-refractivity contribution in [1.82, 2.24) is 29.9 Å². The lowest BCUT2D eigenvalue weighted by Crippen LogP contribution is -2.31. The quantitative estimate of drug-likeness (QED) is 0.251. The Hall–Kier alpha value is -3.84. The summed E-state index contributed by atoms with van der Waals surface area (Å²) in [6.45, 7) is 6.39. The molecule has 1 saturated heterocycles. The maximum absolute atomic E-state index is 5.92. The molecular formula is C30H32N6O. The first-order valence-corrected chi connectivity index (χ1v) is 13.3. The minimum Gasteiger partial charge on any atom is -0.478 e. The fraction of sp³-hybridized carbons (Fsp3) is 0.333. The Kier molecular flexibility index (Phi) is 6.78. The Labute approximate surface area is 217 Å². The van der Waals surface area contributed by atoms with Crippen molar-refractivity contribution in [3.63, 3.8) is 0 Å². The van der Waals surface area contributed by atoms with E-state index < -0.39 is 0 Å². The molecule has 1 atom stereocenters. The lowest BCUT2D eigenvalue weighted by atomic mass is 10.0. The van der Waals surface area contributed by atoms with Gasteiger partial charge in [-0.2, -0.15) is 0 Å². The first kappa shape index (κ1) is 23.6. The van der Waals surface area contributed by atoms with Gasteiger partial charge in [-0.3, -0.25) is 4.98 Å². The third-order valence-electron chi connectivity index (χ3n) is 7.33. The first-order valence-electron chi connectivity index (χ1n) is 13.3. The number of aromatic nitrogens is 5. The van der Waals surface area contributed by atoms with E-state index >= 15 is 0 Å². The molecule has 0 amide bonds. The van der Waals surface area contributed by atoms with Crippen LogP contribution < -0.4 is 4.74 Å².